The van der Waals surface area contributed by atoms with Gasteiger partial charge in [-0.1, -0.05) is 19.8 Å². The summed E-state index contributed by atoms with van der Waals surface area (Å²) in [5.41, 5.74) is 0. The van der Waals surface area contributed by atoms with Crippen LogP contribution in [0.25, 0.3) is 0 Å². The number of hydrogen-bond donors (Lipinski definition) is 2. The van der Waals surface area contributed by atoms with Crippen LogP contribution in [0.15, 0.2) is 0 Å². The lowest BCUT2D eigenvalue weighted by molar-refractivity contribution is -0.140. The van der Waals surface area contributed by atoms with Crippen LogP contribution in [0.3, 0.4) is 0 Å². The summed E-state index contributed by atoms with van der Waals surface area (Å²) < 4.78 is 0. The maximum absolute atomic E-state index is 11.1. The largest absolute Gasteiger partial charge is 0.480 e. The van der Waals surface area contributed by atoms with Crippen LogP contribution >= 0.6 is 0 Å². The van der Waals surface area contributed by atoms with Gasteiger partial charge in [-0.2, -0.15) is 0 Å². The number of nitrogens with zero attached hydrogens (tertiary/aromatic N) is 2. The van der Waals surface area contributed by atoms with Crippen molar-refractivity contribution in [1.29, 1.82) is 0 Å². The van der Waals surface area contributed by atoms with Gasteiger partial charge in [0.1, 0.15) is 6.04 Å². The molecule has 0 spiro atoms. The lowest BCUT2D eigenvalue weighted by Gasteiger charge is -2.38. The second kappa shape index (κ2) is 7.22. The third-order valence-corrected chi connectivity index (χ3v) is 4.44. The van der Waals surface area contributed by atoms with E-state index in [1.165, 1.54) is 25.7 Å². The van der Waals surface area contributed by atoms with Crippen molar-refractivity contribution >= 4 is 5.97 Å². The highest BCUT2D eigenvalue weighted by Gasteiger charge is 2.28. The Hall–Kier alpha value is -0.650. The van der Waals surface area contributed by atoms with Gasteiger partial charge in [0.2, 0.25) is 0 Å². The van der Waals surface area contributed by atoms with Gasteiger partial charge in [-0.15, -0.1) is 0 Å². The number of hydrogen-bond acceptors (Lipinski definition) is 4. The Morgan fingerprint density at radius 1 is 1.26 bits per heavy atom. The number of aliphatic carboxylic acids is 1. The fraction of sp³-hybridized carbons (Fsp3) is 0.929. The van der Waals surface area contributed by atoms with E-state index < -0.39 is 12.0 Å². The van der Waals surface area contributed by atoms with Crippen LogP contribution < -0.4 is 5.32 Å². The van der Waals surface area contributed by atoms with Gasteiger partial charge in [-0.05, 0) is 19.4 Å². The van der Waals surface area contributed by atoms with Crippen LogP contribution in [-0.4, -0.2) is 72.2 Å². The summed E-state index contributed by atoms with van der Waals surface area (Å²) in [5, 5.41) is 12.2. The van der Waals surface area contributed by atoms with Crippen molar-refractivity contribution in [3.63, 3.8) is 0 Å². The summed E-state index contributed by atoms with van der Waals surface area (Å²) >= 11 is 0. The predicted octanol–water partition coefficient (Wildman–Crippen LogP) is 0.609. The summed E-state index contributed by atoms with van der Waals surface area (Å²) in [6.07, 6.45) is 5.48. The van der Waals surface area contributed by atoms with E-state index in [0.29, 0.717) is 13.1 Å². The van der Waals surface area contributed by atoms with E-state index in [0.717, 1.165) is 32.2 Å². The Bertz CT molecular complexity index is 284. The molecule has 0 aromatic carbocycles. The van der Waals surface area contributed by atoms with E-state index in [1.54, 1.807) is 0 Å². The SMILES string of the molecule is CCNC(CN1CCN(C2CCCC2)CC1)C(=O)O. The molecule has 1 unspecified atom stereocenters. The number of carboxylic acids is 1. The second-order valence-corrected chi connectivity index (χ2v) is 5.72. The number of piperazine rings is 1. The molecule has 5 nitrogen and oxygen atoms in total. The topological polar surface area (TPSA) is 55.8 Å². The molecule has 2 fully saturated rings. The Balaban J connectivity index is 1.74. The second-order valence-electron chi connectivity index (χ2n) is 5.72. The average molecular weight is 269 g/mol. The van der Waals surface area contributed by atoms with E-state index in [-0.39, 0.29) is 0 Å². The van der Waals surface area contributed by atoms with Crippen molar-refractivity contribution in [3.8, 4) is 0 Å². The summed E-state index contributed by atoms with van der Waals surface area (Å²) in [4.78, 5) is 16.0. The van der Waals surface area contributed by atoms with Crippen molar-refractivity contribution in [2.24, 2.45) is 0 Å². The molecule has 19 heavy (non-hydrogen) atoms. The number of rotatable bonds is 6. The molecule has 0 aromatic heterocycles. The molecular weight excluding hydrogens is 242 g/mol. The molecule has 1 aliphatic heterocycles. The van der Waals surface area contributed by atoms with Crippen LogP contribution in [0.1, 0.15) is 32.6 Å². The lowest BCUT2D eigenvalue weighted by Crippen LogP contribution is -2.54. The van der Waals surface area contributed by atoms with Gasteiger partial charge in [0, 0.05) is 38.8 Å². The fourth-order valence-electron chi connectivity index (χ4n) is 3.32. The molecule has 1 saturated carbocycles. The Morgan fingerprint density at radius 3 is 2.42 bits per heavy atom. The highest BCUT2D eigenvalue weighted by atomic mass is 16.4. The summed E-state index contributed by atoms with van der Waals surface area (Å²) in [7, 11) is 0. The summed E-state index contributed by atoms with van der Waals surface area (Å²) in [6, 6.07) is 0.370. The summed E-state index contributed by atoms with van der Waals surface area (Å²) in [5.74, 6) is -0.736. The van der Waals surface area contributed by atoms with Crippen LogP contribution in [-0.2, 0) is 4.79 Å². The van der Waals surface area contributed by atoms with E-state index in [9.17, 15) is 4.79 Å². The van der Waals surface area contributed by atoms with Crippen LogP contribution in [0.4, 0.5) is 0 Å². The maximum atomic E-state index is 11.1. The van der Waals surface area contributed by atoms with E-state index in [2.05, 4.69) is 15.1 Å². The quantitative estimate of drug-likeness (QED) is 0.740. The first-order chi connectivity index (χ1) is 9.20. The third-order valence-electron chi connectivity index (χ3n) is 4.44. The molecule has 0 bridgehead atoms. The molecular formula is C14H27N3O2. The van der Waals surface area contributed by atoms with Gasteiger partial charge in [0.15, 0.2) is 0 Å². The maximum Gasteiger partial charge on any atom is 0.322 e. The van der Waals surface area contributed by atoms with Crippen molar-refractivity contribution in [3.05, 3.63) is 0 Å². The molecule has 1 aliphatic carbocycles. The van der Waals surface area contributed by atoms with Crippen molar-refractivity contribution < 1.29 is 9.90 Å². The first-order valence-electron chi connectivity index (χ1n) is 7.63. The van der Waals surface area contributed by atoms with Gasteiger partial charge in [-0.3, -0.25) is 14.6 Å². The highest BCUT2D eigenvalue weighted by molar-refractivity contribution is 5.73. The zero-order valence-corrected chi connectivity index (χ0v) is 12.0. The predicted molar refractivity (Wildman–Crippen MR) is 75.4 cm³/mol. The highest BCUT2D eigenvalue weighted by Crippen LogP contribution is 2.24. The molecule has 1 atom stereocenters. The fourth-order valence-corrected chi connectivity index (χ4v) is 3.32. The first-order valence-corrected chi connectivity index (χ1v) is 7.63. The van der Waals surface area contributed by atoms with E-state index in [1.807, 2.05) is 6.92 Å². The minimum Gasteiger partial charge on any atom is -0.480 e. The molecule has 0 amide bonds. The minimum atomic E-state index is -0.736. The van der Waals surface area contributed by atoms with Crippen LogP contribution in [0.5, 0.6) is 0 Å². The number of likely N-dealkylation sites (N-methyl/N-ethyl adjacent to an activating group) is 1. The molecule has 5 heteroatoms. The molecule has 0 radical (unpaired) electrons. The van der Waals surface area contributed by atoms with Crippen LogP contribution in [0, 0.1) is 0 Å². The molecule has 1 saturated heterocycles. The Labute approximate surface area is 115 Å². The van der Waals surface area contributed by atoms with Crippen molar-refractivity contribution in [2.75, 3.05) is 39.3 Å². The number of nitrogens with one attached hydrogen (secondary N) is 1. The standard InChI is InChI=1S/C14H27N3O2/c1-2-15-13(14(18)19)11-16-7-9-17(10-8-16)12-5-3-4-6-12/h12-13,15H,2-11H2,1H3,(H,18,19). The molecule has 1 heterocycles. The zero-order chi connectivity index (χ0) is 13.7. The van der Waals surface area contributed by atoms with Gasteiger partial charge in [0.25, 0.3) is 0 Å². The van der Waals surface area contributed by atoms with Crippen LogP contribution in [0.2, 0.25) is 0 Å². The Kier molecular flexibility index (Phi) is 5.60. The normalized spacial score (nSPS) is 24.7. The molecule has 2 N–H and O–H groups in total. The smallest absolute Gasteiger partial charge is 0.322 e. The summed E-state index contributed by atoms with van der Waals surface area (Å²) in [6.45, 7) is 7.50. The average Bonchev–Trinajstić information content (AvgIpc) is 2.93. The van der Waals surface area contributed by atoms with E-state index in [4.69, 9.17) is 5.11 Å². The number of carbonyl (C=O) groups is 1. The lowest BCUT2D eigenvalue weighted by atomic mass is 10.1. The van der Waals surface area contributed by atoms with Crippen molar-refractivity contribution in [1.82, 2.24) is 15.1 Å². The monoisotopic (exact) mass is 269 g/mol. The molecule has 2 rings (SSSR count). The van der Waals surface area contributed by atoms with Gasteiger partial charge in [-0.25, -0.2) is 0 Å². The van der Waals surface area contributed by atoms with Gasteiger partial charge >= 0.3 is 5.97 Å². The molecule has 110 valence electrons. The third kappa shape index (κ3) is 4.16. The molecule has 2 aliphatic rings. The van der Waals surface area contributed by atoms with Gasteiger partial charge in [0.05, 0.1) is 0 Å². The van der Waals surface area contributed by atoms with Gasteiger partial charge < -0.3 is 10.4 Å². The minimum absolute atomic E-state index is 0.428. The number of carboxylic acid groups (broad SMARTS) is 1. The zero-order valence-electron chi connectivity index (χ0n) is 12.0. The molecule has 0 aromatic rings. The first kappa shape index (κ1) is 14.8. The Morgan fingerprint density at radius 2 is 1.89 bits per heavy atom. The van der Waals surface area contributed by atoms with Crippen molar-refractivity contribution in [2.45, 2.75) is 44.7 Å². The van der Waals surface area contributed by atoms with E-state index >= 15 is 0 Å².